The van der Waals surface area contributed by atoms with E-state index in [-0.39, 0.29) is 22.2 Å². The van der Waals surface area contributed by atoms with Crippen molar-refractivity contribution in [3.8, 4) is 11.5 Å². The quantitative estimate of drug-likeness (QED) is 0.541. The van der Waals surface area contributed by atoms with Gasteiger partial charge in [0.2, 0.25) is 0 Å². The molecule has 126 valence electrons. The summed E-state index contributed by atoms with van der Waals surface area (Å²) < 4.78 is 5.06. The van der Waals surface area contributed by atoms with Crippen molar-refractivity contribution >= 4 is 40.3 Å². The van der Waals surface area contributed by atoms with Gasteiger partial charge in [0.1, 0.15) is 0 Å². The summed E-state index contributed by atoms with van der Waals surface area (Å²) in [5.74, 6) is 0.159. The van der Waals surface area contributed by atoms with Crippen molar-refractivity contribution in [1.82, 2.24) is 4.98 Å². The van der Waals surface area contributed by atoms with Crippen LogP contribution in [0.5, 0.6) is 11.5 Å². The van der Waals surface area contributed by atoms with Gasteiger partial charge in [-0.05, 0) is 42.0 Å². The highest BCUT2D eigenvalue weighted by Gasteiger charge is 2.11. The van der Waals surface area contributed by atoms with Gasteiger partial charge in [0.25, 0.3) is 5.69 Å². The molecule has 3 rings (SSSR count). The molecule has 0 fully saturated rings. The van der Waals surface area contributed by atoms with Gasteiger partial charge in [-0.15, -0.1) is 0 Å². The molecule has 7 heteroatoms. The normalized spacial score (nSPS) is 11.1. The number of fused-ring (bicyclic) bond motifs is 1. The molecular weight excluding hydrogens is 344 g/mol. The van der Waals surface area contributed by atoms with Crippen LogP contribution in [0.3, 0.4) is 0 Å². The SMILES string of the molecule is COc1cc(/C=C/c2ccc3c([N+](=O)[O-])cccc3n2)cc(Cl)c1O. The van der Waals surface area contributed by atoms with Gasteiger partial charge in [-0.3, -0.25) is 10.1 Å². The molecule has 0 aliphatic carbocycles. The Kier molecular flexibility index (Phi) is 4.54. The minimum absolute atomic E-state index is 0.0237. The molecule has 0 amide bonds. The van der Waals surface area contributed by atoms with Crippen molar-refractivity contribution < 1.29 is 14.8 Å². The van der Waals surface area contributed by atoms with E-state index < -0.39 is 4.92 Å². The first kappa shape index (κ1) is 16.7. The number of aromatic nitrogens is 1. The number of nitro benzene ring substituents is 1. The van der Waals surface area contributed by atoms with Gasteiger partial charge < -0.3 is 9.84 Å². The van der Waals surface area contributed by atoms with E-state index in [1.165, 1.54) is 13.2 Å². The summed E-state index contributed by atoms with van der Waals surface area (Å²) in [5, 5.41) is 21.5. The van der Waals surface area contributed by atoms with E-state index in [0.29, 0.717) is 16.6 Å². The van der Waals surface area contributed by atoms with Crippen molar-refractivity contribution in [2.45, 2.75) is 0 Å². The van der Waals surface area contributed by atoms with Gasteiger partial charge in [-0.2, -0.15) is 0 Å². The molecule has 1 aromatic heterocycles. The van der Waals surface area contributed by atoms with Crippen LogP contribution in [0.2, 0.25) is 5.02 Å². The lowest BCUT2D eigenvalue weighted by molar-refractivity contribution is -0.383. The Morgan fingerprint density at radius 3 is 2.76 bits per heavy atom. The van der Waals surface area contributed by atoms with E-state index in [0.717, 1.165) is 5.56 Å². The zero-order valence-corrected chi connectivity index (χ0v) is 13.9. The molecule has 0 unspecified atom stereocenters. The number of non-ortho nitro benzene ring substituents is 1. The van der Waals surface area contributed by atoms with Crippen LogP contribution in [-0.2, 0) is 0 Å². The predicted molar refractivity (Wildman–Crippen MR) is 97.0 cm³/mol. The Bertz CT molecular complexity index is 1000. The van der Waals surface area contributed by atoms with Crippen LogP contribution in [0.15, 0.2) is 42.5 Å². The second-order valence-corrected chi connectivity index (χ2v) is 5.63. The van der Waals surface area contributed by atoms with Crippen LogP contribution in [-0.4, -0.2) is 22.1 Å². The number of phenolic OH excluding ortho intramolecular Hbond substituents is 1. The summed E-state index contributed by atoms with van der Waals surface area (Å²) >= 11 is 5.96. The molecule has 25 heavy (non-hydrogen) atoms. The van der Waals surface area contributed by atoms with Gasteiger partial charge in [0.05, 0.1) is 33.7 Å². The maximum atomic E-state index is 11.0. The molecule has 0 radical (unpaired) electrons. The average molecular weight is 357 g/mol. The van der Waals surface area contributed by atoms with Crippen molar-refractivity contribution in [3.63, 3.8) is 0 Å². The molecule has 0 saturated heterocycles. The number of phenols is 1. The first-order valence-corrected chi connectivity index (χ1v) is 7.66. The van der Waals surface area contributed by atoms with Crippen LogP contribution in [0, 0.1) is 10.1 Å². The largest absolute Gasteiger partial charge is 0.503 e. The van der Waals surface area contributed by atoms with Crippen molar-refractivity contribution in [2.24, 2.45) is 0 Å². The molecular formula is C18H13ClN2O4. The standard InChI is InChI=1S/C18H13ClN2O4/c1-25-17-10-11(9-14(19)18(17)22)5-6-12-7-8-13-15(20-12)3-2-4-16(13)21(23)24/h2-10,22H,1H3/b6-5+. The van der Waals surface area contributed by atoms with E-state index in [2.05, 4.69) is 4.98 Å². The topological polar surface area (TPSA) is 85.5 Å². The summed E-state index contributed by atoms with van der Waals surface area (Å²) in [6, 6.07) is 11.4. The monoisotopic (exact) mass is 356 g/mol. The first-order valence-electron chi connectivity index (χ1n) is 7.28. The molecule has 0 atom stereocenters. The summed E-state index contributed by atoms with van der Waals surface area (Å²) in [6.07, 6.45) is 3.51. The highest BCUT2D eigenvalue weighted by molar-refractivity contribution is 6.32. The summed E-state index contributed by atoms with van der Waals surface area (Å²) in [6.45, 7) is 0. The minimum atomic E-state index is -0.426. The van der Waals surface area contributed by atoms with E-state index in [9.17, 15) is 15.2 Å². The predicted octanol–water partition coefficient (Wildman–Crippen LogP) is 4.68. The molecule has 1 N–H and O–H groups in total. The lowest BCUT2D eigenvalue weighted by Crippen LogP contribution is -1.91. The highest BCUT2D eigenvalue weighted by atomic mass is 35.5. The molecule has 0 spiro atoms. The van der Waals surface area contributed by atoms with Gasteiger partial charge in [-0.25, -0.2) is 4.98 Å². The Morgan fingerprint density at radius 1 is 1.24 bits per heavy atom. The number of pyridine rings is 1. The van der Waals surface area contributed by atoms with Crippen LogP contribution in [0.4, 0.5) is 5.69 Å². The summed E-state index contributed by atoms with van der Waals surface area (Å²) in [5.41, 5.74) is 1.92. The Labute approximate surface area is 148 Å². The summed E-state index contributed by atoms with van der Waals surface area (Å²) in [7, 11) is 1.44. The van der Waals surface area contributed by atoms with Gasteiger partial charge in [0, 0.05) is 6.07 Å². The number of halogens is 1. The smallest absolute Gasteiger partial charge is 0.278 e. The number of rotatable bonds is 4. The number of benzene rings is 2. The lowest BCUT2D eigenvalue weighted by Gasteiger charge is -2.06. The maximum absolute atomic E-state index is 11.0. The second kappa shape index (κ2) is 6.78. The molecule has 6 nitrogen and oxygen atoms in total. The molecule has 3 aromatic rings. The van der Waals surface area contributed by atoms with Gasteiger partial charge in [-0.1, -0.05) is 23.7 Å². The average Bonchev–Trinajstić information content (AvgIpc) is 2.61. The van der Waals surface area contributed by atoms with E-state index in [1.54, 1.807) is 48.6 Å². The third-order valence-corrected chi connectivity index (χ3v) is 3.93. The number of methoxy groups -OCH3 is 1. The van der Waals surface area contributed by atoms with E-state index in [1.807, 2.05) is 0 Å². The summed E-state index contributed by atoms with van der Waals surface area (Å²) in [4.78, 5) is 15.0. The van der Waals surface area contributed by atoms with Gasteiger partial charge >= 0.3 is 0 Å². The minimum Gasteiger partial charge on any atom is -0.503 e. The molecule has 0 bridgehead atoms. The molecule has 0 aliphatic heterocycles. The number of aromatic hydroxyl groups is 1. The first-order chi connectivity index (χ1) is 12.0. The lowest BCUT2D eigenvalue weighted by atomic mass is 10.1. The third-order valence-electron chi connectivity index (χ3n) is 3.64. The van der Waals surface area contributed by atoms with Crippen molar-refractivity contribution in [1.29, 1.82) is 0 Å². The number of nitrogens with zero attached hydrogens (tertiary/aromatic N) is 2. The zero-order chi connectivity index (χ0) is 18.0. The molecule has 0 saturated carbocycles. The fraction of sp³-hybridized carbons (Fsp3) is 0.0556. The number of hydrogen-bond acceptors (Lipinski definition) is 5. The van der Waals surface area contributed by atoms with Crippen LogP contribution in [0.1, 0.15) is 11.3 Å². The number of nitro groups is 1. The van der Waals surface area contributed by atoms with E-state index >= 15 is 0 Å². The van der Waals surface area contributed by atoms with Crippen molar-refractivity contribution in [3.05, 3.63) is 68.9 Å². The maximum Gasteiger partial charge on any atom is 0.278 e. The Morgan fingerprint density at radius 2 is 2.04 bits per heavy atom. The number of hydrogen-bond donors (Lipinski definition) is 1. The number of ether oxygens (including phenoxy) is 1. The van der Waals surface area contributed by atoms with Crippen LogP contribution < -0.4 is 4.74 Å². The second-order valence-electron chi connectivity index (χ2n) is 5.22. The van der Waals surface area contributed by atoms with Crippen molar-refractivity contribution in [2.75, 3.05) is 7.11 Å². The van der Waals surface area contributed by atoms with Crippen LogP contribution >= 0.6 is 11.6 Å². The van der Waals surface area contributed by atoms with Crippen LogP contribution in [0.25, 0.3) is 23.1 Å². The molecule has 1 heterocycles. The van der Waals surface area contributed by atoms with Gasteiger partial charge in [0.15, 0.2) is 11.5 Å². The molecule has 0 aliphatic rings. The Hall–Kier alpha value is -3.12. The fourth-order valence-corrected chi connectivity index (χ4v) is 2.65. The van der Waals surface area contributed by atoms with E-state index in [4.69, 9.17) is 16.3 Å². The third kappa shape index (κ3) is 3.39. The Balaban J connectivity index is 1.97. The highest BCUT2D eigenvalue weighted by Crippen LogP contribution is 2.35. The fourth-order valence-electron chi connectivity index (χ4n) is 2.43. The molecule has 2 aromatic carbocycles. The zero-order valence-electron chi connectivity index (χ0n) is 13.1.